The van der Waals surface area contributed by atoms with Crippen LogP contribution in [0.25, 0.3) is 0 Å². The largest absolute Gasteiger partial charge is 0.384 e. The normalized spacial score (nSPS) is 22.8. The lowest BCUT2D eigenvalue weighted by atomic mass is 10.1. The Hall–Kier alpha value is -1.55. The van der Waals surface area contributed by atoms with E-state index < -0.39 is 0 Å². The Morgan fingerprint density at radius 3 is 2.95 bits per heavy atom. The third-order valence-corrected chi connectivity index (χ3v) is 4.65. The summed E-state index contributed by atoms with van der Waals surface area (Å²) in [4.78, 5) is 16.6. The van der Waals surface area contributed by atoms with Crippen molar-refractivity contribution in [3.63, 3.8) is 0 Å². The van der Waals surface area contributed by atoms with Crippen molar-refractivity contribution in [3.05, 3.63) is 29.3 Å². The molecule has 0 aromatic heterocycles. The van der Waals surface area contributed by atoms with Crippen LogP contribution in [0.2, 0.25) is 0 Å². The number of rotatable bonds is 3. The van der Waals surface area contributed by atoms with E-state index in [0.29, 0.717) is 18.5 Å². The van der Waals surface area contributed by atoms with E-state index in [2.05, 4.69) is 33.3 Å². The Morgan fingerprint density at radius 1 is 1.25 bits per heavy atom. The summed E-state index contributed by atoms with van der Waals surface area (Å²) in [5.74, 6) is 0.319. The van der Waals surface area contributed by atoms with Gasteiger partial charge in [0.2, 0.25) is 5.91 Å². The second-order valence-corrected chi connectivity index (χ2v) is 6.16. The topological polar surface area (TPSA) is 35.6 Å². The van der Waals surface area contributed by atoms with Crippen LogP contribution >= 0.6 is 0 Å². The van der Waals surface area contributed by atoms with E-state index in [1.165, 1.54) is 29.7 Å². The molecule has 0 unspecified atom stereocenters. The van der Waals surface area contributed by atoms with E-state index in [1.54, 1.807) is 0 Å². The molecule has 4 nitrogen and oxygen atoms in total. The third kappa shape index (κ3) is 2.18. The van der Waals surface area contributed by atoms with Crippen molar-refractivity contribution < 1.29 is 4.79 Å². The molecule has 3 aliphatic rings. The molecule has 106 valence electrons. The van der Waals surface area contributed by atoms with Crippen LogP contribution in [0.3, 0.4) is 0 Å². The summed E-state index contributed by atoms with van der Waals surface area (Å²) in [7, 11) is 0. The molecule has 1 aromatic carbocycles. The van der Waals surface area contributed by atoms with Crippen molar-refractivity contribution >= 4 is 11.6 Å². The minimum atomic E-state index is 0.319. The predicted molar refractivity (Wildman–Crippen MR) is 78.6 cm³/mol. The molecule has 1 amide bonds. The lowest BCUT2D eigenvalue weighted by molar-refractivity contribution is -0.136. The number of nitrogens with zero attached hydrogens (tertiary/aromatic N) is 2. The van der Waals surface area contributed by atoms with Crippen LogP contribution in [0.4, 0.5) is 5.69 Å². The minimum absolute atomic E-state index is 0.319. The number of benzene rings is 1. The van der Waals surface area contributed by atoms with Crippen molar-refractivity contribution in [1.29, 1.82) is 0 Å². The summed E-state index contributed by atoms with van der Waals surface area (Å²) >= 11 is 0. The van der Waals surface area contributed by atoms with Gasteiger partial charge in [0.1, 0.15) is 0 Å². The molecule has 4 rings (SSSR count). The standard InChI is InChI=1S/C16H21N3O/c20-15-11-18(8-9-19(15)14-4-5-14)10-13-3-1-2-12-6-7-17-16(12)13/h1-3,14,17H,4-11H2. The molecule has 0 spiro atoms. The second kappa shape index (κ2) is 4.77. The highest BCUT2D eigenvalue weighted by Gasteiger charge is 2.35. The number of fused-ring (bicyclic) bond motifs is 1. The lowest BCUT2D eigenvalue weighted by Crippen LogP contribution is -2.50. The van der Waals surface area contributed by atoms with Gasteiger partial charge in [-0.2, -0.15) is 0 Å². The van der Waals surface area contributed by atoms with Gasteiger partial charge in [-0.05, 0) is 30.4 Å². The average Bonchev–Trinajstić information content (AvgIpc) is 3.16. The first-order chi connectivity index (χ1) is 9.81. The van der Waals surface area contributed by atoms with Gasteiger partial charge in [-0.15, -0.1) is 0 Å². The highest BCUT2D eigenvalue weighted by atomic mass is 16.2. The van der Waals surface area contributed by atoms with Crippen LogP contribution < -0.4 is 5.32 Å². The first kappa shape index (κ1) is 12.2. The minimum Gasteiger partial charge on any atom is -0.384 e. The number of para-hydroxylation sites is 1. The van der Waals surface area contributed by atoms with Gasteiger partial charge in [0, 0.05) is 37.9 Å². The van der Waals surface area contributed by atoms with E-state index in [9.17, 15) is 4.79 Å². The third-order valence-electron chi connectivity index (χ3n) is 4.65. The number of hydrogen-bond donors (Lipinski definition) is 1. The quantitative estimate of drug-likeness (QED) is 0.904. The van der Waals surface area contributed by atoms with E-state index in [0.717, 1.165) is 32.6 Å². The Bertz CT molecular complexity index is 539. The molecule has 1 saturated heterocycles. The molecule has 2 aliphatic heterocycles. The summed E-state index contributed by atoms with van der Waals surface area (Å²) in [6.45, 7) is 4.43. The number of carbonyl (C=O) groups excluding carboxylic acids is 1. The van der Waals surface area contributed by atoms with Crippen LogP contribution in [0, 0.1) is 0 Å². The Kier molecular flexibility index (Phi) is 2.91. The fraction of sp³-hybridized carbons (Fsp3) is 0.562. The summed E-state index contributed by atoms with van der Waals surface area (Å²) < 4.78 is 0. The molecule has 1 aromatic rings. The molecular formula is C16H21N3O. The molecule has 1 aliphatic carbocycles. The van der Waals surface area contributed by atoms with Crippen molar-refractivity contribution in [3.8, 4) is 0 Å². The monoisotopic (exact) mass is 271 g/mol. The molecule has 0 radical (unpaired) electrons. The van der Waals surface area contributed by atoms with Gasteiger partial charge in [-0.1, -0.05) is 18.2 Å². The molecule has 2 fully saturated rings. The number of hydrogen-bond acceptors (Lipinski definition) is 3. The van der Waals surface area contributed by atoms with Gasteiger partial charge in [0.05, 0.1) is 6.54 Å². The zero-order chi connectivity index (χ0) is 13.5. The summed E-state index contributed by atoms with van der Waals surface area (Å²) in [6.07, 6.45) is 3.54. The molecule has 1 saturated carbocycles. The van der Waals surface area contributed by atoms with Crippen LogP contribution in [-0.2, 0) is 17.8 Å². The van der Waals surface area contributed by atoms with Gasteiger partial charge in [0.15, 0.2) is 0 Å². The number of piperazine rings is 1. The van der Waals surface area contributed by atoms with Crippen molar-refractivity contribution in [2.45, 2.75) is 31.8 Å². The van der Waals surface area contributed by atoms with Crippen molar-refractivity contribution in [1.82, 2.24) is 9.80 Å². The van der Waals surface area contributed by atoms with Gasteiger partial charge in [-0.25, -0.2) is 0 Å². The van der Waals surface area contributed by atoms with E-state index in [4.69, 9.17) is 0 Å². The van der Waals surface area contributed by atoms with Crippen LogP contribution in [-0.4, -0.2) is 47.9 Å². The Labute approximate surface area is 119 Å². The summed E-state index contributed by atoms with van der Waals surface area (Å²) in [5, 5.41) is 3.48. The van der Waals surface area contributed by atoms with Crippen LogP contribution in [0.1, 0.15) is 24.0 Å². The highest BCUT2D eigenvalue weighted by molar-refractivity contribution is 5.79. The molecular weight excluding hydrogens is 250 g/mol. The Morgan fingerprint density at radius 2 is 2.15 bits per heavy atom. The molecule has 0 bridgehead atoms. The number of nitrogens with one attached hydrogen (secondary N) is 1. The average molecular weight is 271 g/mol. The first-order valence-corrected chi connectivity index (χ1v) is 7.68. The number of anilines is 1. The fourth-order valence-electron chi connectivity index (χ4n) is 3.43. The van der Waals surface area contributed by atoms with Gasteiger partial charge < -0.3 is 10.2 Å². The molecule has 2 heterocycles. The van der Waals surface area contributed by atoms with Gasteiger partial charge >= 0.3 is 0 Å². The van der Waals surface area contributed by atoms with E-state index in [-0.39, 0.29) is 0 Å². The maximum Gasteiger partial charge on any atom is 0.237 e. The second-order valence-electron chi connectivity index (χ2n) is 6.16. The van der Waals surface area contributed by atoms with Crippen LogP contribution in [0.5, 0.6) is 0 Å². The number of carbonyl (C=O) groups is 1. The maximum atomic E-state index is 12.2. The van der Waals surface area contributed by atoms with E-state index >= 15 is 0 Å². The first-order valence-electron chi connectivity index (χ1n) is 7.68. The molecule has 4 heteroatoms. The zero-order valence-corrected chi connectivity index (χ0v) is 11.8. The zero-order valence-electron chi connectivity index (χ0n) is 11.8. The van der Waals surface area contributed by atoms with Crippen molar-refractivity contribution in [2.24, 2.45) is 0 Å². The smallest absolute Gasteiger partial charge is 0.237 e. The van der Waals surface area contributed by atoms with Crippen LogP contribution in [0.15, 0.2) is 18.2 Å². The number of amides is 1. The lowest BCUT2D eigenvalue weighted by Gasteiger charge is -2.34. The maximum absolute atomic E-state index is 12.2. The fourth-order valence-corrected chi connectivity index (χ4v) is 3.43. The molecule has 20 heavy (non-hydrogen) atoms. The highest BCUT2D eigenvalue weighted by Crippen LogP contribution is 2.30. The van der Waals surface area contributed by atoms with Gasteiger partial charge in [0.25, 0.3) is 0 Å². The Balaban J connectivity index is 1.45. The van der Waals surface area contributed by atoms with Gasteiger partial charge in [-0.3, -0.25) is 9.69 Å². The summed E-state index contributed by atoms with van der Waals surface area (Å²) in [5.41, 5.74) is 4.07. The molecule has 0 atom stereocenters. The predicted octanol–water partition coefficient (Wildman–Crippen LogP) is 1.46. The molecule has 1 N–H and O–H groups in total. The SMILES string of the molecule is O=C1CN(Cc2cccc3c2NCC3)CCN1C1CC1. The summed E-state index contributed by atoms with van der Waals surface area (Å²) in [6, 6.07) is 7.10. The van der Waals surface area contributed by atoms with Crippen molar-refractivity contribution in [2.75, 3.05) is 31.5 Å². The van der Waals surface area contributed by atoms with E-state index in [1.807, 2.05) is 0 Å².